The molecule has 1 aromatic carbocycles. The number of methoxy groups -OCH3 is 1. The van der Waals surface area contributed by atoms with Crippen molar-refractivity contribution in [3.05, 3.63) is 30.1 Å². The highest BCUT2D eigenvalue weighted by molar-refractivity contribution is 7.99. The van der Waals surface area contributed by atoms with E-state index in [-0.39, 0.29) is 19.0 Å². The van der Waals surface area contributed by atoms with E-state index >= 15 is 0 Å². The summed E-state index contributed by atoms with van der Waals surface area (Å²) < 4.78 is 7.16. The van der Waals surface area contributed by atoms with Crippen molar-refractivity contribution in [3.63, 3.8) is 0 Å². The average molecular weight is 331 g/mol. The Kier molecular flexibility index (Phi) is 7.52. The van der Waals surface area contributed by atoms with Gasteiger partial charge in [0, 0.05) is 18.4 Å². The lowest BCUT2D eigenvalue weighted by molar-refractivity contribution is 0.296. The van der Waals surface area contributed by atoms with Gasteiger partial charge in [-0.15, -0.1) is 22.6 Å². The molecule has 0 aliphatic carbocycles. The molecule has 0 saturated carbocycles. The third kappa shape index (κ3) is 4.34. The van der Waals surface area contributed by atoms with Crippen molar-refractivity contribution in [2.24, 2.45) is 5.73 Å². The number of hydrogen-bond acceptors (Lipinski definition) is 6. The number of nitrogens with zero attached hydrogens (tertiary/aromatic N) is 3. The Morgan fingerprint density at radius 2 is 2.19 bits per heavy atom. The summed E-state index contributed by atoms with van der Waals surface area (Å²) in [5.74, 6) is 2.25. The summed E-state index contributed by atoms with van der Waals surface area (Å²) in [5, 5.41) is 17.9. The quantitative estimate of drug-likeness (QED) is 0.593. The van der Waals surface area contributed by atoms with Crippen LogP contribution in [0.5, 0.6) is 5.75 Å². The van der Waals surface area contributed by atoms with E-state index in [0.717, 1.165) is 22.3 Å². The Bertz CT molecular complexity index is 565. The van der Waals surface area contributed by atoms with Crippen LogP contribution in [0, 0.1) is 0 Å². The second-order valence-electron chi connectivity index (χ2n) is 4.07. The van der Waals surface area contributed by atoms with Gasteiger partial charge in [-0.3, -0.25) is 4.57 Å². The fourth-order valence-electron chi connectivity index (χ4n) is 1.76. The molecule has 0 radical (unpaired) electrons. The van der Waals surface area contributed by atoms with E-state index in [1.54, 1.807) is 18.9 Å². The first-order chi connectivity index (χ1) is 9.80. The maximum atomic E-state index is 8.86. The van der Waals surface area contributed by atoms with Gasteiger partial charge in [-0.25, -0.2) is 0 Å². The summed E-state index contributed by atoms with van der Waals surface area (Å²) >= 11 is 1.55. The summed E-state index contributed by atoms with van der Waals surface area (Å²) in [6.07, 6.45) is 0.716. The molecule has 1 heterocycles. The van der Waals surface area contributed by atoms with E-state index in [0.29, 0.717) is 18.8 Å². The van der Waals surface area contributed by atoms with Gasteiger partial charge >= 0.3 is 0 Å². The van der Waals surface area contributed by atoms with Crippen LogP contribution in [0.25, 0.3) is 5.69 Å². The first-order valence-electron chi connectivity index (χ1n) is 6.32. The molecule has 116 valence electrons. The van der Waals surface area contributed by atoms with Crippen LogP contribution in [-0.4, -0.2) is 39.3 Å². The summed E-state index contributed by atoms with van der Waals surface area (Å²) in [7, 11) is 1.63. The van der Waals surface area contributed by atoms with E-state index in [1.807, 2.05) is 28.8 Å². The number of halogens is 1. The number of ether oxygens (including phenoxy) is 1. The lowest BCUT2D eigenvalue weighted by Gasteiger charge is -2.10. The summed E-state index contributed by atoms with van der Waals surface area (Å²) in [6.45, 7) is 0.481. The molecule has 0 bridgehead atoms. The van der Waals surface area contributed by atoms with E-state index in [9.17, 15) is 0 Å². The molecule has 8 heteroatoms. The molecule has 0 spiro atoms. The molecular weight excluding hydrogens is 312 g/mol. The van der Waals surface area contributed by atoms with Gasteiger partial charge in [0.2, 0.25) is 0 Å². The summed E-state index contributed by atoms with van der Waals surface area (Å²) in [5.41, 5.74) is 6.64. The number of aromatic nitrogens is 3. The fourth-order valence-corrected chi connectivity index (χ4v) is 2.66. The Morgan fingerprint density at radius 1 is 1.38 bits per heavy atom. The van der Waals surface area contributed by atoms with Crippen LogP contribution in [0.1, 0.15) is 12.2 Å². The Morgan fingerprint density at radius 3 is 2.86 bits per heavy atom. The molecular formula is C13H19ClN4O2S. The lowest BCUT2D eigenvalue weighted by Crippen LogP contribution is -2.08. The Labute approximate surface area is 134 Å². The van der Waals surface area contributed by atoms with Crippen molar-refractivity contribution in [3.8, 4) is 11.4 Å². The van der Waals surface area contributed by atoms with Gasteiger partial charge in [-0.05, 0) is 18.6 Å². The predicted molar refractivity (Wildman–Crippen MR) is 85.5 cm³/mol. The van der Waals surface area contributed by atoms with E-state index < -0.39 is 0 Å². The van der Waals surface area contributed by atoms with Gasteiger partial charge in [0.05, 0.1) is 19.3 Å². The number of aliphatic hydroxyl groups excluding tert-OH is 1. The minimum Gasteiger partial charge on any atom is -0.497 e. The highest BCUT2D eigenvalue weighted by Gasteiger charge is 2.13. The fraction of sp³-hybridized carbons (Fsp3) is 0.385. The van der Waals surface area contributed by atoms with Gasteiger partial charge in [0.15, 0.2) is 11.0 Å². The molecule has 0 atom stereocenters. The van der Waals surface area contributed by atoms with Crippen LogP contribution in [0.3, 0.4) is 0 Å². The standard InChI is InChI=1S/C13H18N4O2S.ClH/c1-19-11-5-2-4-10(8-11)17-12(9-14)15-16-13(17)20-7-3-6-18;/h2,4-5,8,18H,3,6-7,9,14H2,1H3;1H. The monoisotopic (exact) mass is 330 g/mol. The first kappa shape index (κ1) is 17.8. The van der Waals surface area contributed by atoms with Gasteiger partial charge in [-0.2, -0.15) is 0 Å². The van der Waals surface area contributed by atoms with Gasteiger partial charge < -0.3 is 15.6 Å². The molecule has 0 fully saturated rings. The van der Waals surface area contributed by atoms with Crippen molar-refractivity contribution in [1.82, 2.24) is 14.8 Å². The zero-order valence-corrected chi connectivity index (χ0v) is 13.4. The molecule has 2 aromatic rings. The summed E-state index contributed by atoms with van der Waals surface area (Å²) in [6, 6.07) is 7.67. The minimum absolute atomic E-state index is 0. The van der Waals surface area contributed by atoms with Crippen molar-refractivity contribution in [2.45, 2.75) is 18.1 Å². The van der Waals surface area contributed by atoms with Crippen LogP contribution >= 0.6 is 24.2 Å². The number of aliphatic hydroxyl groups is 1. The van der Waals surface area contributed by atoms with Crippen molar-refractivity contribution < 1.29 is 9.84 Å². The molecule has 0 aliphatic rings. The molecule has 2 rings (SSSR count). The largest absolute Gasteiger partial charge is 0.497 e. The van der Waals surface area contributed by atoms with Gasteiger partial charge in [0.25, 0.3) is 0 Å². The Balaban J connectivity index is 0.00000220. The van der Waals surface area contributed by atoms with E-state index in [2.05, 4.69) is 10.2 Å². The Hall–Kier alpha value is -1.28. The van der Waals surface area contributed by atoms with Crippen LogP contribution < -0.4 is 10.5 Å². The third-order valence-electron chi connectivity index (χ3n) is 2.73. The zero-order valence-electron chi connectivity index (χ0n) is 11.7. The van der Waals surface area contributed by atoms with Crippen molar-refractivity contribution >= 4 is 24.2 Å². The average Bonchev–Trinajstić information content (AvgIpc) is 2.90. The van der Waals surface area contributed by atoms with Crippen LogP contribution in [0.2, 0.25) is 0 Å². The number of nitrogens with two attached hydrogens (primary N) is 1. The van der Waals surface area contributed by atoms with Gasteiger partial charge in [0.1, 0.15) is 5.75 Å². The topological polar surface area (TPSA) is 86.2 Å². The predicted octanol–water partition coefficient (Wildman–Crippen LogP) is 1.63. The number of benzene rings is 1. The smallest absolute Gasteiger partial charge is 0.195 e. The van der Waals surface area contributed by atoms with Crippen LogP contribution in [0.15, 0.2) is 29.4 Å². The van der Waals surface area contributed by atoms with Crippen LogP contribution in [0.4, 0.5) is 0 Å². The molecule has 6 nitrogen and oxygen atoms in total. The SMILES string of the molecule is COc1cccc(-n2c(CN)nnc2SCCCO)c1.Cl. The zero-order chi connectivity index (χ0) is 14.4. The second-order valence-corrected chi connectivity index (χ2v) is 5.13. The first-order valence-corrected chi connectivity index (χ1v) is 7.31. The molecule has 21 heavy (non-hydrogen) atoms. The van der Waals surface area contributed by atoms with E-state index in [1.165, 1.54) is 0 Å². The molecule has 0 aliphatic heterocycles. The maximum absolute atomic E-state index is 8.86. The number of rotatable bonds is 7. The highest BCUT2D eigenvalue weighted by Crippen LogP contribution is 2.24. The lowest BCUT2D eigenvalue weighted by atomic mass is 10.3. The molecule has 0 unspecified atom stereocenters. The third-order valence-corrected chi connectivity index (χ3v) is 3.74. The normalized spacial score (nSPS) is 10.2. The minimum atomic E-state index is 0. The van der Waals surface area contributed by atoms with Crippen LogP contribution in [-0.2, 0) is 6.54 Å². The molecule has 0 saturated heterocycles. The van der Waals surface area contributed by atoms with Crippen molar-refractivity contribution in [1.29, 1.82) is 0 Å². The molecule has 3 N–H and O–H groups in total. The molecule has 0 amide bonds. The molecule has 1 aromatic heterocycles. The highest BCUT2D eigenvalue weighted by atomic mass is 35.5. The number of thioether (sulfide) groups is 1. The second kappa shape index (κ2) is 8.89. The summed E-state index contributed by atoms with van der Waals surface area (Å²) in [4.78, 5) is 0. The number of hydrogen-bond donors (Lipinski definition) is 2. The maximum Gasteiger partial charge on any atom is 0.195 e. The van der Waals surface area contributed by atoms with Gasteiger partial charge in [-0.1, -0.05) is 17.8 Å². The van der Waals surface area contributed by atoms with E-state index in [4.69, 9.17) is 15.6 Å². The van der Waals surface area contributed by atoms with Crippen molar-refractivity contribution in [2.75, 3.05) is 19.5 Å².